The van der Waals surface area contributed by atoms with Crippen LogP contribution >= 0.6 is 34.8 Å². The highest BCUT2D eigenvalue weighted by molar-refractivity contribution is 6.44. The smallest absolute Gasteiger partial charge is 0.0652 e. The van der Waals surface area contributed by atoms with E-state index in [1.165, 1.54) is 0 Å². The molecule has 20 heavy (non-hydrogen) atoms. The van der Waals surface area contributed by atoms with Crippen LogP contribution in [0.2, 0.25) is 15.1 Å². The van der Waals surface area contributed by atoms with Crippen LogP contribution < -0.4 is 5.32 Å². The summed E-state index contributed by atoms with van der Waals surface area (Å²) < 4.78 is 0. The molecule has 0 bridgehead atoms. The Morgan fingerprint density at radius 2 is 1.75 bits per heavy atom. The van der Waals surface area contributed by atoms with E-state index in [9.17, 15) is 0 Å². The van der Waals surface area contributed by atoms with Gasteiger partial charge in [-0.25, -0.2) is 0 Å². The second-order valence-corrected chi connectivity index (χ2v) is 6.80. The normalized spacial score (nSPS) is 17.9. The van der Waals surface area contributed by atoms with Gasteiger partial charge in [0.1, 0.15) is 0 Å². The van der Waals surface area contributed by atoms with Crippen molar-refractivity contribution in [3.05, 3.63) is 32.8 Å². The van der Waals surface area contributed by atoms with Crippen LogP contribution in [0.4, 0.5) is 0 Å². The molecule has 0 unspecified atom stereocenters. The molecule has 1 fully saturated rings. The summed E-state index contributed by atoms with van der Waals surface area (Å²) in [6.45, 7) is 7.46. The third-order valence-electron chi connectivity index (χ3n) is 3.97. The first-order chi connectivity index (χ1) is 9.49. The molecular formula is C15H21Cl3N2. The lowest BCUT2D eigenvalue weighted by molar-refractivity contribution is 0.161. The topological polar surface area (TPSA) is 15.3 Å². The van der Waals surface area contributed by atoms with Gasteiger partial charge < -0.3 is 10.2 Å². The maximum Gasteiger partial charge on any atom is 0.0652 e. The fourth-order valence-corrected chi connectivity index (χ4v) is 3.28. The second kappa shape index (κ2) is 7.33. The SMILES string of the molecule is CC(C)N1CCC(NCc2c(Cl)ccc(Cl)c2Cl)CC1. The van der Waals surface area contributed by atoms with E-state index in [1.54, 1.807) is 12.1 Å². The van der Waals surface area contributed by atoms with E-state index < -0.39 is 0 Å². The zero-order valence-electron chi connectivity index (χ0n) is 11.9. The van der Waals surface area contributed by atoms with Gasteiger partial charge in [0.2, 0.25) is 0 Å². The summed E-state index contributed by atoms with van der Waals surface area (Å²) in [6.07, 6.45) is 2.32. The van der Waals surface area contributed by atoms with Crippen molar-refractivity contribution >= 4 is 34.8 Å². The number of nitrogens with zero attached hydrogens (tertiary/aromatic N) is 1. The van der Waals surface area contributed by atoms with Gasteiger partial charge in [0.15, 0.2) is 0 Å². The third-order valence-corrected chi connectivity index (χ3v) is 5.16. The number of hydrogen-bond acceptors (Lipinski definition) is 2. The Morgan fingerprint density at radius 3 is 2.35 bits per heavy atom. The predicted molar refractivity (Wildman–Crippen MR) is 88.0 cm³/mol. The first kappa shape index (κ1) is 16.4. The van der Waals surface area contributed by atoms with Crippen molar-refractivity contribution in [2.24, 2.45) is 0 Å². The van der Waals surface area contributed by atoms with E-state index in [1.807, 2.05) is 0 Å². The van der Waals surface area contributed by atoms with Gasteiger partial charge in [-0.15, -0.1) is 0 Å². The van der Waals surface area contributed by atoms with Gasteiger partial charge in [0.05, 0.1) is 10.0 Å². The average molecular weight is 336 g/mol. The van der Waals surface area contributed by atoms with Gasteiger partial charge in [-0.3, -0.25) is 0 Å². The van der Waals surface area contributed by atoms with Crippen LogP contribution in [-0.4, -0.2) is 30.1 Å². The molecule has 5 heteroatoms. The molecule has 2 nitrogen and oxygen atoms in total. The zero-order chi connectivity index (χ0) is 14.7. The molecule has 0 amide bonds. The molecule has 1 aliphatic heterocycles. The quantitative estimate of drug-likeness (QED) is 0.808. The van der Waals surface area contributed by atoms with E-state index in [0.717, 1.165) is 31.5 Å². The molecule has 1 saturated heterocycles. The molecule has 0 atom stereocenters. The highest BCUT2D eigenvalue weighted by Crippen LogP contribution is 2.31. The standard InChI is InChI=1S/C15H21Cl3N2/c1-10(2)20-7-5-11(6-8-20)19-9-12-13(16)3-4-14(17)15(12)18/h3-4,10-11,19H,5-9H2,1-2H3. The summed E-state index contributed by atoms with van der Waals surface area (Å²) in [7, 11) is 0. The molecule has 0 saturated carbocycles. The Bertz CT molecular complexity index is 455. The van der Waals surface area contributed by atoms with E-state index in [-0.39, 0.29) is 0 Å². The first-order valence-corrected chi connectivity index (χ1v) is 8.22. The molecule has 1 N–H and O–H groups in total. The lowest BCUT2D eigenvalue weighted by Crippen LogP contribution is -2.44. The Morgan fingerprint density at radius 1 is 1.15 bits per heavy atom. The summed E-state index contributed by atoms with van der Waals surface area (Å²) in [5.41, 5.74) is 0.895. The largest absolute Gasteiger partial charge is 0.310 e. The number of piperidine rings is 1. The number of rotatable bonds is 4. The number of benzene rings is 1. The summed E-state index contributed by atoms with van der Waals surface area (Å²) in [5, 5.41) is 5.34. The van der Waals surface area contributed by atoms with Crippen molar-refractivity contribution in [1.29, 1.82) is 0 Å². The molecule has 1 aromatic rings. The average Bonchev–Trinajstić information content (AvgIpc) is 2.43. The predicted octanol–water partition coefficient (Wildman–Crippen LogP) is 4.61. The Balaban J connectivity index is 1.89. The lowest BCUT2D eigenvalue weighted by Gasteiger charge is -2.35. The summed E-state index contributed by atoms with van der Waals surface area (Å²) in [6, 6.07) is 4.69. The van der Waals surface area contributed by atoms with Crippen molar-refractivity contribution in [3.63, 3.8) is 0 Å². The molecule has 0 aliphatic carbocycles. The minimum Gasteiger partial charge on any atom is -0.310 e. The molecule has 1 heterocycles. The molecule has 112 valence electrons. The highest BCUT2D eigenvalue weighted by atomic mass is 35.5. The van der Waals surface area contributed by atoms with Crippen LogP contribution in [0.5, 0.6) is 0 Å². The Hall–Kier alpha value is 0.01000. The number of nitrogens with one attached hydrogen (secondary N) is 1. The molecule has 2 rings (SSSR count). The maximum atomic E-state index is 6.22. The minimum absolute atomic E-state index is 0.524. The van der Waals surface area contributed by atoms with Gasteiger partial charge in [-0.05, 0) is 51.9 Å². The van der Waals surface area contributed by atoms with Crippen molar-refractivity contribution in [2.45, 2.75) is 45.3 Å². The van der Waals surface area contributed by atoms with E-state index in [4.69, 9.17) is 34.8 Å². The van der Waals surface area contributed by atoms with Gasteiger partial charge in [0, 0.05) is 29.2 Å². The summed E-state index contributed by atoms with van der Waals surface area (Å²) in [4.78, 5) is 2.51. The molecule has 0 radical (unpaired) electrons. The van der Waals surface area contributed by atoms with Crippen LogP contribution in [0.1, 0.15) is 32.3 Å². The molecule has 0 spiro atoms. The third kappa shape index (κ3) is 4.02. The van der Waals surface area contributed by atoms with E-state index in [0.29, 0.717) is 33.7 Å². The molecule has 1 aliphatic rings. The van der Waals surface area contributed by atoms with Crippen LogP contribution in [-0.2, 0) is 6.54 Å². The summed E-state index contributed by atoms with van der Waals surface area (Å²) >= 11 is 18.4. The van der Waals surface area contributed by atoms with Crippen molar-refractivity contribution in [1.82, 2.24) is 10.2 Å². The highest BCUT2D eigenvalue weighted by Gasteiger charge is 2.21. The molecular weight excluding hydrogens is 315 g/mol. The van der Waals surface area contributed by atoms with Gasteiger partial charge >= 0.3 is 0 Å². The van der Waals surface area contributed by atoms with Gasteiger partial charge in [-0.1, -0.05) is 34.8 Å². The second-order valence-electron chi connectivity index (χ2n) is 5.61. The monoisotopic (exact) mass is 334 g/mol. The maximum absolute atomic E-state index is 6.22. The number of hydrogen-bond donors (Lipinski definition) is 1. The number of halogens is 3. The summed E-state index contributed by atoms with van der Waals surface area (Å²) in [5.74, 6) is 0. The molecule has 1 aromatic carbocycles. The van der Waals surface area contributed by atoms with Gasteiger partial charge in [0.25, 0.3) is 0 Å². The van der Waals surface area contributed by atoms with Gasteiger partial charge in [-0.2, -0.15) is 0 Å². The zero-order valence-corrected chi connectivity index (χ0v) is 14.2. The lowest BCUT2D eigenvalue weighted by atomic mass is 10.0. The van der Waals surface area contributed by atoms with E-state index in [2.05, 4.69) is 24.1 Å². The van der Waals surface area contributed by atoms with E-state index >= 15 is 0 Å². The Kier molecular flexibility index (Phi) is 6.00. The fourth-order valence-electron chi connectivity index (χ4n) is 2.60. The Labute approximate surface area is 136 Å². The number of likely N-dealkylation sites (tertiary alicyclic amines) is 1. The van der Waals surface area contributed by atoms with Crippen LogP contribution in [0.3, 0.4) is 0 Å². The van der Waals surface area contributed by atoms with Crippen molar-refractivity contribution < 1.29 is 0 Å². The first-order valence-electron chi connectivity index (χ1n) is 7.09. The van der Waals surface area contributed by atoms with Crippen LogP contribution in [0.25, 0.3) is 0 Å². The fraction of sp³-hybridized carbons (Fsp3) is 0.600. The minimum atomic E-state index is 0.524. The van der Waals surface area contributed by atoms with Crippen LogP contribution in [0.15, 0.2) is 12.1 Å². The molecule has 0 aromatic heterocycles. The van der Waals surface area contributed by atoms with Crippen LogP contribution in [0, 0.1) is 0 Å². The van der Waals surface area contributed by atoms with Crippen molar-refractivity contribution in [3.8, 4) is 0 Å². The van der Waals surface area contributed by atoms with Crippen molar-refractivity contribution in [2.75, 3.05) is 13.1 Å².